The van der Waals surface area contributed by atoms with Crippen molar-refractivity contribution in [2.75, 3.05) is 10.6 Å². The summed E-state index contributed by atoms with van der Waals surface area (Å²) in [4.78, 5) is 24.8. The molecule has 2 rings (SSSR count). The van der Waals surface area contributed by atoms with Crippen LogP contribution in [0, 0.1) is 13.8 Å². The summed E-state index contributed by atoms with van der Waals surface area (Å²) in [5.41, 5.74) is 4.05. The highest BCUT2D eigenvalue weighted by molar-refractivity contribution is 7.80. The second-order valence-corrected chi connectivity index (χ2v) is 7.94. The van der Waals surface area contributed by atoms with Crippen LogP contribution in [0.4, 0.5) is 11.4 Å². The molecule has 0 saturated heterocycles. The smallest absolute Gasteiger partial charge is 0.338 e. The van der Waals surface area contributed by atoms with E-state index in [0.29, 0.717) is 10.8 Å². The largest absolute Gasteiger partial charge is 0.459 e. The zero-order valence-electron chi connectivity index (χ0n) is 18.2. The van der Waals surface area contributed by atoms with Gasteiger partial charge in [0.15, 0.2) is 5.11 Å². The fourth-order valence-electron chi connectivity index (χ4n) is 2.67. The lowest BCUT2D eigenvalue weighted by Crippen LogP contribution is -2.21. The average molecular weight is 429 g/mol. The normalized spacial score (nSPS) is 10.7. The average Bonchev–Trinajstić information content (AvgIpc) is 2.64. The van der Waals surface area contributed by atoms with Crippen molar-refractivity contribution in [3.63, 3.8) is 0 Å². The van der Waals surface area contributed by atoms with Gasteiger partial charge in [0.2, 0.25) is 0 Å². The molecular formula is C23H28N2O4S. The SMILES string of the molecule is Cc1cccc(NC(=S)Nc2cc(C(=O)OC(C)C)cc(C(=O)OC(C)C)c2)c1C. The Morgan fingerprint density at radius 2 is 1.40 bits per heavy atom. The molecule has 0 amide bonds. The molecule has 0 bridgehead atoms. The number of thiocarbonyl (C=S) groups is 1. The molecule has 0 fully saturated rings. The van der Waals surface area contributed by atoms with E-state index >= 15 is 0 Å². The van der Waals surface area contributed by atoms with E-state index in [4.69, 9.17) is 21.7 Å². The number of benzene rings is 2. The van der Waals surface area contributed by atoms with E-state index in [-0.39, 0.29) is 23.3 Å². The van der Waals surface area contributed by atoms with Gasteiger partial charge in [0.05, 0.1) is 23.3 Å². The summed E-state index contributed by atoms with van der Waals surface area (Å²) < 4.78 is 10.5. The van der Waals surface area contributed by atoms with Crippen molar-refractivity contribution in [2.24, 2.45) is 0 Å². The van der Waals surface area contributed by atoms with Crippen LogP contribution in [0.2, 0.25) is 0 Å². The highest BCUT2D eigenvalue weighted by Crippen LogP contribution is 2.21. The third-order valence-electron chi connectivity index (χ3n) is 4.20. The zero-order valence-corrected chi connectivity index (χ0v) is 19.0. The Kier molecular flexibility index (Phi) is 7.94. The first-order chi connectivity index (χ1) is 14.1. The molecule has 7 heteroatoms. The van der Waals surface area contributed by atoms with Gasteiger partial charge in [-0.05, 0) is 89.2 Å². The summed E-state index contributed by atoms with van der Waals surface area (Å²) in [5, 5.41) is 6.52. The van der Waals surface area contributed by atoms with E-state index in [2.05, 4.69) is 10.6 Å². The lowest BCUT2D eigenvalue weighted by Gasteiger charge is -2.16. The standard InChI is InChI=1S/C23H28N2O4S/c1-13(2)28-21(26)17-10-18(22(27)29-14(3)4)12-19(11-17)24-23(30)25-20-9-7-8-15(5)16(20)6/h7-14H,1-6H3,(H2,24,25,30). The number of nitrogens with one attached hydrogen (secondary N) is 2. The molecule has 0 aromatic heterocycles. The van der Waals surface area contributed by atoms with Crippen molar-refractivity contribution < 1.29 is 19.1 Å². The minimum absolute atomic E-state index is 0.235. The van der Waals surface area contributed by atoms with Crippen LogP contribution in [0.1, 0.15) is 59.5 Å². The maximum absolute atomic E-state index is 12.4. The van der Waals surface area contributed by atoms with Gasteiger partial charge in [0.1, 0.15) is 0 Å². The minimum atomic E-state index is -0.527. The summed E-state index contributed by atoms with van der Waals surface area (Å²) >= 11 is 5.42. The number of hydrogen-bond donors (Lipinski definition) is 2. The molecule has 160 valence electrons. The molecule has 2 aromatic rings. The number of carbonyl (C=O) groups is 2. The van der Waals surface area contributed by atoms with E-state index < -0.39 is 11.9 Å². The first-order valence-electron chi connectivity index (χ1n) is 9.78. The van der Waals surface area contributed by atoms with Crippen LogP contribution in [0.25, 0.3) is 0 Å². The molecule has 2 aromatic carbocycles. The Balaban J connectivity index is 2.30. The Labute approximate surface area is 183 Å². The lowest BCUT2D eigenvalue weighted by molar-refractivity contribution is 0.0377. The maximum Gasteiger partial charge on any atom is 0.338 e. The van der Waals surface area contributed by atoms with Crippen LogP contribution in [-0.2, 0) is 9.47 Å². The van der Waals surface area contributed by atoms with E-state index in [0.717, 1.165) is 16.8 Å². The lowest BCUT2D eigenvalue weighted by atomic mass is 10.1. The van der Waals surface area contributed by atoms with Crippen LogP contribution in [-0.4, -0.2) is 29.3 Å². The third-order valence-corrected chi connectivity index (χ3v) is 4.40. The number of rotatable bonds is 6. The van der Waals surface area contributed by atoms with Gasteiger partial charge in [-0.25, -0.2) is 9.59 Å². The quantitative estimate of drug-likeness (QED) is 0.481. The summed E-state index contributed by atoms with van der Waals surface area (Å²) in [6.07, 6.45) is -0.570. The van der Waals surface area contributed by atoms with Crippen LogP contribution in [0.5, 0.6) is 0 Å². The predicted molar refractivity (Wildman–Crippen MR) is 123 cm³/mol. The van der Waals surface area contributed by atoms with Crippen molar-refractivity contribution in [3.05, 3.63) is 58.7 Å². The van der Waals surface area contributed by atoms with Gasteiger partial charge in [0.25, 0.3) is 0 Å². The highest BCUT2D eigenvalue weighted by Gasteiger charge is 2.17. The van der Waals surface area contributed by atoms with Crippen molar-refractivity contribution >= 4 is 40.6 Å². The topological polar surface area (TPSA) is 76.7 Å². The van der Waals surface area contributed by atoms with Gasteiger partial charge in [-0.15, -0.1) is 0 Å². The van der Waals surface area contributed by atoms with Gasteiger partial charge >= 0.3 is 11.9 Å². The Morgan fingerprint density at radius 3 is 1.90 bits per heavy atom. The molecule has 0 atom stereocenters. The van der Waals surface area contributed by atoms with Gasteiger partial charge < -0.3 is 20.1 Å². The number of esters is 2. The Hall–Kier alpha value is -2.93. The number of aryl methyl sites for hydroxylation is 1. The summed E-state index contributed by atoms with van der Waals surface area (Å²) in [6, 6.07) is 10.5. The van der Waals surface area contributed by atoms with Gasteiger partial charge in [-0.1, -0.05) is 12.1 Å². The molecule has 0 aliphatic heterocycles. The summed E-state index contributed by atoms with van der Waals surface area (Å²) in [7, 11) is 0. The minimum Gasteiger partial charge on any atom is -0.459 e. The van der Waals surface area contributed by atoms with E-state index in [9.17, 15) is 9.59 Å². The first kappa shape index (κ1) is 23.3. The maximum atomic E-state index is 12.4. The fourth-order valence-corrected chi connectivity index (χ4v) is 2.90. The second-order valence-electron chi connectivity index (χ2n) is 7.53. The van der Waals surface area contributed by atoms with Gasteiger partial charge in [0, 0.05) is 11.4 Å². The summed E-state index contributed by atoms with van der Waals surface area (Å²) in [6.45, 7) is 11.1. The van der Waals surface area contributed by atoms with Crippen LogP contribution in [0.3, 0.4) is 0 Å². The second kappa shape index (κ2) is 10.2. The molecule has 0 unspecified atom stereocenters. The first-order valence-corrected chi connectivity index (χ1v) is 10.2. The molecule has 0 aliphatic carbocycles. The highest BCUT2D eigenvalue weighted by atomic mass is 32.1. The monoisotopic (exact) mass is 428 g/mol. The molecule has 0 radical (unpaired) electrons. The Bertz CT molecular complexity index is 914. The van der Waals surface area contributed by atoms with Crippen LogP contribution in [0.15, 0.2) is 36.4 Å². The fraction of sp³-hybridized carbons (Fsp3) is 0.348. The Morgan fingerprint density at radius 1 is 0.867 bits per heavy atom. The van der Waals surface area contributed by atoms with Gasteiger partial charge in [-0.2, -0.15) is 0 Å². The van der Waals surface area contributed by atoms with E-state index in [1.54, 1.807) is 39.8 Å². The third kappa shape index (κ3) is 6.56. The van der Waals surface area contributed by atoms with Crippen LogP contribution >= 0.6 is 12.2 Å². The molecule has 0 saturated carbocycles. The number of ether oxygens (including phenoxy) is 2. The number of hydrogen-bond acceptors (Lipinski definition) is 5. The molecule has 6 nitrogen and oxygen atoms in total. The molecule has 0 heterocycles. The van der Waals surface area contributed by atoms with Crippen molar-refractivity contribution in [1.29, 1.82) is 0 Å². The molecule has 2 N–H and O–H groups in total. The van der Waals surface area contributed by atoms with Gasteiger partial charge in [-0.3, -0.25) is 0 Å². The molecule has 0 aliphatic rings. The number of carbonyl (C=O) groups excluding carboxylic acids is 2. The van der Waals surface area contributed by atoms with Crippen molar-refractivity contribution in [3.8, 4) is 0 Å². The molecule has 30 heavy (non-hydrogen) atoms. The van der Waals surface area contributed by atoms with E-state index in [1.807, 2.05) is 32.0 Å². The predicted octanol–water partition coefficient (Wildman–Crippen LogP) is 5.24. The molecule has 0 spiro atoms. The molecular weight excluding hydrogens is 400 g/mol. The zero-order chi connectivity index (χ0) is 22.4. The summed E-state index contributed by atoms with van der Waals surface area (Å²) in [5.74, 6) is -1.05. The van der Waals surface area contributed by atoms with Crippen LogP contribution < -0.4 is 10.6 Å². The van der Waals surface area contributed by atoms with Crippen molar-refractivity contribution in [2.45, 2.75) is 53.8 Å². The van der Waals surface area contributed by atoms with E-state index in [1.165, 1.54) is 6.07 Å². The number of anilines is 2. The van der Waals surface area contributed by atoms with Crippen molar-refractivity contribution in [1.82, 2.24) is 0 Å².